The molecule has 26 heavy (non-hydrogen) atoms. The van der Waals surface area contributed by atoms with Crippen molar-refractivity contribution in [1.82, 2.24) is 9.78 Å². The molecule has 1 aromatic heterocycles. The van der Waals surface area contributed by atoms with Crippen LogP contribution in [0.15, 0.2) is 24.3 Å². The zero-order valence-electron chi connectivity index (χ0n) is 16.0. The van der Waals surface area contributed by atoms with Crippen molar-refractivity contribution in [1.29, 1.82) is 0 Å². The lowest BCUT2D eigenvalue weighted by Crippen LogP contribution is -2.26. The van der Waals surface area contributed by atoms with Crippen molar-refractivity contribution in [3.05, 3.63) is 41.1 Å². The fourth-order valence-corrected chi connectivity index (χ4v) is 4.41. The molecule has 1 unspecified atom stereocenters. The molecule has 2 aromatic rings. The third kappa shape index (κ3) is 2.89. The van der Waals surface area contributed by atoms with E-state index in [1.807, 2.05) is 0 Å². The summed E-state index contributed by atoms with van der Waals surface area (Å²) in [5.74, 6) is 1.12. The zero-order valence-corrected chi connectivity index (χ0v) is 16.0. The van der Waals surface area contributed by atoms with E-state index in [0.717, 1.165) is 30.9 Å². The fraction of sp³-hybridized carbons (Fsp3) is 0.524. The number of anilines is 2. The van der Waals surface area contributed by atoms with Crippen LogP contribution in [0.4, 0.5) is 11.5 Å². The van der Waals surface area contributed by atoms with Crippen LogP contribution in [0.25, 0.3) is 0 Å². The highest BCUT2D eigenvalue weighted by Crippen LogP contribution is 2.42. The van der Waals surface area contributed by atoms with Gasteiger partial charge in [-0.3, -0.25) is 4.79 Å². The Bertz CT molecular complexity index is 802. The van der Waals surface area contributed by atoms with Gasteiger partial charge in [-0.05, 0) is 44.4 Å². The van der Waals surface area contributed by atoms with Crippen LogP contribution < -0.4 is 10.2 Å². The SMILES string of the molecule is CCN(C)c1ccc(C2CC(=O)Nc3c2c(C)nn3C2CCCC2)cc1. The minimum Gasteiger partial charge on any atom is -0.375 e. The number of rotatable bonds is 4. The van der Waals surface area contributed by atoms with E-state index in [0.29, 0.717) is 12.5 Å². The number of carbonyl (C=O) groups is 1. The number of nitrogens with zero attached hydrogens (tertiary/aromatic N) is 3. The minimum absolute atomic E-state index is 0.0925. The second-order valence-electron chi connectivity index (χ2n) is 7.64. The van der Waals surface area contributed by atoms with Gasteiger partial charge >= 0.3 is 0 Å². The maximum Gasteiger partial charge on any atom is 0.226 e. The second kappa shape index (κ2) is 6.78. The summed E-state index contributed by atoms with van der Waals surface area (Å²) in [6, 6.07) is 9.07. The summed E-state index contributed by atoms with van der Waals surface area (Å²) in [7, 11) is 2.09. The summed E-state index contributed by atoms with van der Waals surface area (Å²) >= 11 is 0. The molecular formula is C21H28N4O. The summed E-state index contributed by atoms with van der Waals surface area (Å²) in [4.78, 5) is 14.7. The summed E-state index contributed by atoms with van der Waals surface area (Å²) in [5.41, 5.74) is 4.65. The van der Waals surface area contributed by atoms with Gasteiger partial charge in [0, 0.05) is 37.2 Å². The highest BCUT2D eigenvalue weighted by Gasteiger charge is 2.34. The van der Waals surface area contributed by atoms with Crippen LogP contribution in [0.3, 0.4) is 0 Å². The van der Waals surface area contributed by atoms with Gasteiger partial charge in [0.1, 0.15) is 5.82 Å². The molecule has 1 fully saturated rings. The first-order chi connectivity index (χ1) is 12.6. The first-order valence-electron chi connectivity index (χ1n) is 9.78. The Balaban J connectivity index is 1.72. The third-order valence-corrected chi connectivity index (χ3v) is 6.01. The van der Waals surface area contributed by atoms with E-state index >= 15 is 0 Å². The molecule has 1 atom stereocenters. The second-order valence-corrected chi connectivity index (χ2v) is 7.64. The lowest BCUT2D eigenvalue weighted by molar-refractivity contribution is -0.116. The molecule has 1 N–H and O–H groups in total. The van der Waals surface area contributed by atoms with Gasteiger partial charge < -0.3 is 10.2 Å². The summed E-state index contributed by atoms with van der Waals surface area (Å²) in [5, 5.41) is 7.96. The van der Waals surface area contributed by atoms with Crippen molar-refractivity contribution >= 4 is 17.4 Å². The Morgan fingerprint density at radius 1 is 1.23 bits per heavy atom. The first-order valence-corrected chi connectivity index (χ1v) is 9.78. The fourth-order valence-electron chi connectivity index (χ4n) is 4.41. The zero-order chi connectivity index (χ0) is 18.3. The molecule has 1 saturated carbocycles. The normalized spacial score (nSPS) is 20.1. The van der Waals surface area contributed by atoms with E-state index in [-0.39, 0.29) is 11.8 Å². The maximum atomic E-state index is 12.4. The predicted molar refractivity (Wildman–Crippen MR) is 105 cm³/mol. The molecule has 1 aromatic carbocycles. The maximum absolute atomic E-state index is 12.4. The van der Waals surface area contributed by atoms with E-state index in [1.165, 1.54) is 29.7 Å². The molecule has 4 rings (SSSR count). The molecule has 2 aliphatic rings. The highest BCUT2D eigenvalue weighted by molar-refractivity contribution is 5.94. The quantitative estimate of drug-likeness (QED) is 0.895. The molecule has 1 amide bonds. The lowest BCUT2D eigenvalue weighted by atomic mass is 9.85. The van der Waals surface area contributed by atoms with Gasteiger partial charge in [0.2, 0.25) is 5.91 Å². The number of aryl methyl sites for hydroxylation is 1. The van der Waals surface area contributed by atoms with E-state index in [9.17, 15) is 4.79 Å². The Morgan fingerprint density at radius 3 is 2.58 bits per heavy atom. The monoisotopic (exact) mass is 352 g/mol. The summed E-state index contributed by atoms with van der Waals surface area (Å²) < 4.78 is 2.10. The van der Waals surface area contributed by atoms with Crippen LogP contribution >= 0.6 is 0 Å². The molecule has 1 aliphatic heterocycles. The Hall–Kier alpha value is -2.30. The van der Waals surface area contributed by atoms with Crippen LogP contribution in [0.5, 0.6) is 0 Å². The number of hydrogen-bond acceptors (Lipinski definition) is 3. The molecule has 0 saturated heterocycles. The average molecular weight is 352 g/mol. The van der Waals surface area contributed by atoms with Gasteiger partial charge in [-0.15, -0.1) is 0 Å². The average Bonchev–Trinajstić information content (AvgIpc) is 3.29. The molecule has 2 heterocycles. The molecule has 5 nitrogen and oxygen atoms in total. The minimum atomic E-state index is 0.0925. The van der Waals surface area contributed by atoms with Gasteiger partial charge in [-0.1, -0.05) is 25.0 Å². The Morgan fingerprint density at radius 2 is 1.92 bits per heavy atom. The Labute approximate surface area is 155 Å². The van der Waals surface area contributed by atoms with Crippen molar-refractivity contribution in [3.8, 4) is 0 Å². The molecule has 1 aliphatic carbocycles. The van der Waals surface area contributed by atoms with Crippen LogP contribution in [0.2, 0.25) is 0 Å². The number of amides is 1. The number of carbonyl (C=O) groups excluding carboxylic acids is 1. The standard InChI is InChI=1S/C21H28N4O/c1-4-24(3)16-11-9-15(10-12-16)18-13-19(26)22-21-20(18)14(2)23-25(21)17-7-5-6-8-17/h9-12,17-18H,4-8,13H2,1-3H3,(H,22,26). The summed E-state index contributed by atoms with van der Waals surface area (Å²) in [6.45, 7) is 5.20. The van der Waals surface area contributed by atoms with E-state index in [1.54, 1.807) is 0 Å². The number of aromatic nitrogens is 2. The van der Waals surface area contributed by atoms with Gasteiger partial charge in [-0.2, -0.15) is 5.10 Å². The lowest BCUT2D eigenvalue weighted by Gasteiger charge is -2.26. The predicted octanol–water partition coefficient (Wildman–Crippen LogP) is 4.24. The van der Waals surface area contributed by atoms with E-state index in [2.05, 4.69) is 60.1 Å². The largest absolute Gasteiger partial charge is 0.375 e. The first kappa shape index (κ1) is 17.1. The van der Waals surface area contributed by atoms with Crippen molar-refractivity contribution in [3.63, 3.8) is 0 Å². The number of benzene rings is 1. The molecule has 5 heteroatoms. The van der Waals surface area contributed by atoms with Crippen molar-refractivity contribution in [2.45, 2.75) is 57.9 Å². The van der Waals surface area contributed by atoms with E-state index in [4.69, 9.17) is 5.10 Å². The van der Waals surface area contributed by atoms with Crippen LogP contribution in [-0.2, 0) is 4.79 Å². The third-order valence-electron chi connectivity index (χ3n) is 6.01. The topological polar surface area (TPSA) is 50.2 Å². The van der Waals surface area contributed by atoms with Crippen molar-refractivity contribution in [2.24, 2.45) is 0 Å². The van der Waals surface area contributed by atoms with E-state index < -0.39 is 0 Å². The molecule has 0 radical (unpaired) electrons. The molecule has 0 bridgehead atoms. The Kier molecular flexibility index (Phi) is 4.47. The van der Waals surface area contributed by atoms with Crippen LogP contribution in [0.1, 0.15) is 67.8 Å². The number of hydrogen-bond donors (Lipinski definition) is 1. The van der Waals surface area contributed by atoms with Crippen LogP contribution in [-0.4, -0.2) is 29.3 Å². The smallest absolute Gasteiger partial charge is 0.226 e. The summed E-state index contributed by atoms with van der Waals surface area (Å²) in [6.07, 6.45) is 5.32. The van der Waals surface area contributed by atoms with Crippen molar-refractivity contribution in [2.75, 3.05) is 23.8 Å². The van der Waals surface area contributed by atoms with Crippen LogP contribution in [0, 0.1) is 6.92 Å². The van der Waals surface area contributed by atoms with Crippen molar-refractivity contribution < 1.29 is 4.79 Å². The highest BCUT2D eigenvalue weighted by atomic mass is 16.1. The van der Waals surface area contributed by atoms with Gasteiger partial charge in [0.05, 0.1) is 11.7 Å². The number of fused-ring (bicyclic) bond motifs is 1. The molecular weight excluding hydrogens is 324 g/mol. The van der Waals surface area contributed by atoms with Gasteiger partial charge in [0.15, 0.2) is 0 Å². The number of nitrogens with one attached hydrogen (secondary N) is 1. The van der Waals surface area contributed by atoms with Gasteiger partial charge in [-0.25, -0.2) is 4.68 Å². The molecule has 138 valence electrons. The van der Waals surface area contributed by atoms with Gasteiger partial charge in [0.25, 0.3) is 0 Å². The molecule has 0 spiro atoms.